The highest BCUT2D eigenvalue weighted by molar-refractivity contribution is 9.10. The minimum atomic E-state index is 0.266. The Morgan fingerprint density at radius 2 is 2.36 bits per heavy atom. The van der Waals surface area contributed by atoms with Crippen molar-refractivity contribution in [2.24, 2.45) is 0 Å². The van der Waals surface area contributed by atoms with Crippen LogP contribution in [0.25, 0.3) is 0 Å². The lowest BCUT2D eigenvalue weighted by atomic mass is 9.89. The molecular formula is C11H14BrNO. The van der Waals surface area contributed by atoms with Gasteiger partial charge in [0.05, 0.1) is 0 Å². The van der Waals surface area contributed by atoms with Gasteiger partial charge in [0, 0.05) is 24.2 Å². The maximum atomic E-state index is 8.96. The first-order valence-electron chi connectivity index (χ1n) is 4.91. The molecule has 1 heterocycles. The summed E-state index contributed by atoms with van der Waals surface area (Å²) in [5, 5.41) is 12.3. The summed E-state index contributed by atoms with van der Waals surface area (Å²) in [6.45, 7) is 2.19. The molecule has 1 aromatic carbocycles. The number of benzene rings is 1. The van der Waals surface area contributed by atoms with Gasteiger partial charge in [-0.3, -0.25) is 0 Å². The fraction of sp³-hybridized carbons (Fsp3) is 0.455. The number of hydrogen-bond donors (Lipinski definition) is 2. The standard InChI is InChI=1S/C11H14BrNO/c12-10-1-2-11-8(3-4-14)6-13-7-9(11)5-10/h1-2,5,8,13-14H,3-4,6-7H2/t8-/m0/s1. The SMILES string of the molecule is OCC[C@H]1CNCc2cc(Br)ccc21. The molecule has 2 N–H and O–H groups in total. The molecule has 0 saturated carbocycles. The van der Waals surface area contributed by atoms with E-state index in [-0.39, 0.29) is 6.61 Å². The number of nitrogens with one attached hydrogen (secondary N) is 1. The van der Waals surface area contributed by atoms with Gasteiger partial charge in [0.2, 0.25) is 0 Å². The Kier molecular flexibility index (Phi) is 3.21. The highest BCUT2D eigenvalue weighted by Gasteiger charge is 2.18. The minimum absolute atomic E-state index is 0.266. The number of fused-ring (bicyclic) bond motifs is 1. The highest BCUT2D eigenvalue weighted by atomic mass is 79.9. The van der Waals surface area contributed by atoms with Crippen molar-refractivity contribution in [3.05, 3.63) is 33.8 Å². The first-order valence-corrected chi connectivity index (χ1v) is 5.70. The molecular weight excluding hydrogens is 242 g/mol. The van der Waals surface area contributed by atoms with Gasteiger partial charge in [-0.1, -0.05) is 22.0 Å². The lowest BCUT2D eigenvalue weighted by Gasteiger charge is -2.26. The molecule has 1 aliphatic rings. The normalized spacial score (nSPS) is 20.6. The second-order valence-corrected chi connectivity index (χ2v) is 4.60. The van der Waals surface area contributed by atoms with Crippen molar-refractivity contribution in [1.29, 1.82) is 0 Å². The molecule has 14 heavy (non-hydrogen) atoms. The summed E-state index contributed by atoms with van der Waals surface area (Å²) < 4.78 is 1.13. The molecule has 0 amide bonds. The summed E-state index contributed by atoms with van der Waals surface area (Å²) in [6.07, 6.45) is 0.849. The zero-order valence-electron chi connectivity index (χ0n) is 7.96. The summed E-state index contributed by atoms with van der Waals surface area (Å²) in [6, 6.07) is 6.40. The average Bonchev–Trinajstić information content (AvgIpc) is 2.18. The largest absolute Gasteiger partial charge is 0.396 e. The average molecular weight is 256 g/mol. The Labute approximate surface area is 92.5 Å². The monoisotopic (exact) mass is 255 g/mol. The molecule has 1 aliphatic heterocycles. The van der Waals surface area contributed by atoms with E-state index >= 15 is 0 Å². The van der Waals surface area contributed by atoms with Crippen molar-refractivity contribution < 1.29 is 5.11 Å². The predicted octanol–water partition coefficient (Wildman–Crippen LogP) is 2.02. The molecule has 0 bridgehead atoms. The Morgan fingerprint density at radius 3 is 3.14 bits per heavy atom. The number of aliphatic hydroxyl groups is 1. The molecule has 3 heteroatoms. The maximum absolute atomic E-state index is 8.96. The zero-order valence-corrected chi connectivity index (χ0v) is 9.55. The van der Waals surface area contributed by atoms with Crippen LogP contribution < -0.4 is 5.32 Å². The highest BCUT2D eigenvalue weighted by Crippen LogP contribution is 2.28. The second-order valence-electron chi connectivity index (χ2n) is 3.68. The molecule has 0 aliphatic carbocycles. The third-order valence-electron chi connectivity index (χ3n) is 2.73. The number of aliphatic hydroxyl groups excluding tert-OH is 1. The van der Waals surface area contributed by atoms with Gasteiger partial charge in [-0.15, -0.1) is 0 Å². The molecule has 0 spiro atoms. The summed E-state index contributed by atoms with van der Waals surface area (Å²) in [5.41, 5.74) is 2.74. The third kappa shape index (κ3) is 2.00. The van der Waals surface area contributed by atoms with E-state index in [0.717, 1.165) is 24.0 Å². The fourth-order valence-corrected chi connectivity index (χ4v) is 2.44. The van der Waals surface area contributed by atoms with Crippen LogP contribution in [0.2, 0.25) is 0 Å². The van der Waals surface area contributed by atoms with Crippen molar-refractivity contribution in [3.8, 4) is 0 Å². The van der Waals surface area contributed by atoms with Crippen LogP contribution in [0.3, 0.4) is 0 Å². The van der Waals surface area contributed by atoms with E-state index in [1.54, 1.807) is 0 Å². The summed E-state index contributed by atoms with van der Waals surface area (Å²) in [5.74, 6) is 0.469. The number of hydrogen-bond acceptors (Lipinski definition) is 2. The minimum Gasteiger partial charge on any atom is -0.396 e. The Bertz CT molecular complexity index is 327. The van der Waals surface area contributed by atoms with E-state index in [9.17, 15) is 0 Å². The van der Waals surface area contributed by atoms with Crippen LogP contribution in [0.5, 0.6) is 0 Å². The van der Waals surface area contributed by atoms with Crippen molar-refractivity contribution in [3.63, 3.8) is 0 Å². The molecule has 1 atom stereocenters. The lowest BCUT2D eigenvalue weighted by molar-refractivity contribution is 0.271. The molecule has 2 rings (SSSR count). The van der Waals surface area contributed by atoms with E-state index in [1.165, 1.54) is 11.1 Å². The van der Waals surface area contributed by atoms with Crippen LogP contribution in [0.1, 0.15) is 23.5 Å². The van der Waals surface area contributed by atoms with E-state index in [1.807, 2.05) is 0 Å². The molecule has 0 unspecified atom stereocenters. The van der Waals surface area contributed by atoms with Gasteiger partial charge in [-0.2, -0.15) is 0 Å². The first-order chi connectivity index (χ1) is 6.81. The van der Waals surface area contributed by atoms with E-state index in [4.69, 9.17) is 5.11 Å². The van der Waals surface area contributed by atoms with Crippen LogP contribution in [0, 0.1) is 0 Å². The Hall–Kier alpha value is -0.380. The van der Waals surface area contributed by atoms with Crippen LogP contribution >= 0.6 is 15.9 Å². The molecule has 0 saturated heterocycles. The van der Waals surface area contributed by atoms with Crippen LogP contribution in [0.4, 0.5) is 0 Å². The van der Waals surface area contributed by atoms with Gasteiger partial charge >= 0.3 is 0 Å². The maximum Gasteiger partial charge on any atom is 0.0437 e. The van der Waals surface area contributed by atoms with Gasteiger partial charge < -0.3 is 10.4 Å². The van der Waals surface area contributed by atoms with Crippen LogP contribution in [-0.2, 0) is 6.54 Å². The van der Waals surface area contributed by atoms with E-state index in [2.05, 4.69) is 39.4 Å². The van der Waals surface area contributed by atoms with Crippen molar-refractivity contribution in [2.75, 3.05) is 13.2 Å². The summed E-state index contributed by atoms with van der Waals surface area (Å²) >= 11 is 3.47. The van der Waals surface area contributed by atoms with Gasteiger partial charge in [0.15, 0.2) is 0 Å². The Balaban J connectivity index is 2.30. The number of rotatable bonds is 2. The molecule has 1 aromatic rings. The molecule has 0 aromatic heterocycles. The van der Waals surface area contributed by atoms with Crippen molar-refractivity contribution >= 4 is 15.9 Å². The van der Waals surface area contributed by atoms with Gasteiger partial charge in [0.25, 0.3) is 0 Å². The number of halogens is 1. The Morgan fingerprint density at radius 1 is 1.50 bits per heavy atom. The van der Waals surface area contributed by atoms with E-state index < -0.39 is 0 Å². The first kappa shape index (κ1) is 10.1. The van der Waals surface area contributed by atoms with Crippen LogP contribution in [0.15, 0.2) is 22.7 Å². The molecule has 0 radical (unpaired) electrons. The topological polar surface area (TPSA) is 32.3 Å². The zero-order chi connectivity index (χ0) is 9.97. The van der Waals surface area contributed by atoms with Gasteiger partial charge in [-0.05, 0) is 35.6 Å². The predicted molar refractivity (Wildman–Crippen MR) is 60.3 cm³/mol. The van der Waals surface area contributed by atoms with Crippen LogP contribution in [-0.4, -0.2) is 18.3 Å². The van der Waals surface area contributed by atoms with E-state index in [0.29, 0.717) is 5.92 Å². The van der Waals surface area contributed by atoms with Crippen molar-refractivity contribution in [1.82, 2.24) is 5.32 Å². The van der Waals surface area contributed by atoms with Gasteiger partial charge in [0.1, 0.15) is 0 Å². The summed E-state index contributed by atoms with van der Waals surface area (Å²) in [4.78, 5) is 0. The third-order valence-corrected chi connectivity index (χ3v) is 3.22. The molecule has 2 nitrogen and oxygen atoms in total. The quantitative estimate of drug-likeness (QED) is 0.848. The molecule has 0 fully saturated rings. The molecule has 76 valence electrons. The smallest absolute Gasteiger partial charge is 0.0437 e. The van der Waals surface area contributed by atoms with Crippen molar-refractivity contribution in [2.45, 2.75) is 18.9 Å². The summed E-state index contributed by atoms with van der Waals surface area (Å²) in [7, 11) is 0. The second kappa shape index (κ2) is 4.43. The van der Waals surface area contributed by atoms with Gasteiger partial charge in [-0.25, -0.2) is 0 Å². The fourth-order valence-electron chi connectivity index (χ4n) is 2.03. The lowest BCUT2D eigenvalue weighted by Crippen LogP contribution is -2.28.